The van der Waals surface area contributed by atoms with E-state index >= 15 is 0 Å². The van der Waals surface area contributed by atoms with Gasteiger partial charge in [-0.1, -0.05) is 0 Å². The molecule has 2 aliphatic rings. The lowest BCUT2D eigenvalue weighted by Gasteiger charge is -2.42. The number of pyridine rings is 1. The molecule has 2 aliphatic heterocycles. The Bertz CT molecular complexity index is 493. The SMILES string of the molecule is CC1CN2CCCC2CN1C(=O)c1ccnc(F)c1. The third-order valence-electron chi connectivity index (χ3n) is 4.17. The van der Waals surface area contributed by atoms with Crippen molar-refractivity contribution in [1.82, 2.24) is 14.8 Å². The Morgan fingerprint density at radius 3 is 3.11 bits per heavy atom. The van der Waals surface area contributed by atoms with Crippen molar-refractivity contribution >= 4 is 5.91 Å². The first-order chi connectivity index (χ1) is 9.15. The van der Waals surface area contributed by atoms with Gasteiger partial charge in [0.05, 0.1) is 0 Å². The fraction of sp³-hybridized carbons (Fsp3) is 0.571. The van der Waals surface area contributed by atoms with E-state index in [9.17, 15) is 9.18 Å². The monoisotopic (exact) mass is 263 g/mol. The molecule has 3 heterocycles. The van der Waals surface area contributed by atoms with E-state index in [0.29, 0.717) is 11.6 Å². The van der Waals surface area contributed by atoms with Gasteiger partial charge in [-0.2, -0.15) is 4.39 Å². The van der Waals surface area contributed by atoms with Crippen molar-refractivity contribution in [1.29, 1.82) is 0 Å². The summed E-state index contributed by atoms with van der Waals surface area (Å²) in [6, 6.07) is 3.46. The van der Waals surface area contributed by atoms with Crippen LogP contribution < -0.4 is 0 Å². The summed E-state index contributed by atoms with van der Waals surface area (Å²) in [6.45, 7) is 4.87. The second-order valence-electron chi connectivity index (χ2n) is 5.46. The zero-order valence-electron chi connectivity index (χ0n) is 11.1. The van der Waals surface area contributed by atoms with Crippen molar-refractivity contribution in [2.24, 2.45) is 0 Å². The number of hydrogen-bond donors (Lipinski definition) is 0. The molecule has 2 saturated heterocycles. The number of hydrogen-bond acceptors (Lipinski definition) is 3. The summed E-state index contributed by atoms with van der Waals surface area (Å²) in [4.78, 5) is 20.3. The number of piperazine rings is 1. The number of carbonyl (C=O) groups is 1. The van der Waals surface area contributed by atoms with E-state index in [0.717, 1.165) is 26.1 Å². The van der Waals surface area contributed by atoms with Crippen LogP contribution in [-0.4, -0.2) is 52.4 Å². The van der Waals surface area contributed by atoms with Crippen LogP contribution in [0.15, 0.2) is 18.3 Å². The quantitative estimate of drug-likeness (QED) is 0.721. The Hall–Kier alpha value is -1.49. The lowest BCUT2D eigenvalue weighted by atomic mass is 10.1. The molecular weight excluding hydrogens is 245 g/mol. The average Bonchev–Trinajstić information content (AvgIpc) is 2.84. The minimum atomic E-state index is -0.599. The third kappa shape index (κ3) is 2.34. The first kappa shape index (κ1) is 12.5. The highest BCUT2D eigenvalue weighted by molar-refractivity contribution is 5.94. The molecule has 3 rings (SSSR count). The van der Waals surface area contributed by atoms with Gasteiger partial charge < -0.3 is 4.90 Å². The topological polar surface area (TPSA) is 36.4 Å². The highest BCUT2D eigenvalue weighted by Crippen LogP contribution is 2.25. The summed E-state index contributed by atoms with van der Waals surface area (Å²) in [7, 11) is 0. The number of halogens is 1. The molecule has 0 radical (unpaired) electrons. The van der Waals surface area contributed by atoms with Gasteiger partial charge in [-0.15, -0.1) is 0 Å². The van der Waals surface area contributed by atoms with Crippen LogP contribution in [0.3, 0.4) is 0 Å². The molecule has 2 unspecified atom stereocenters. The van der Waals surface area contributed by atoms with Crippen LogP contribution in [0.5, 0.6) is 0 Å². The molecule has 102 valence electrons. The number of amides is 1. The van der Waals surface area contributed by atoms with Crippen molar-refractivity contribution in [3.63, 3.8) is 0 Å². The molecule has 2 fully saturated rings. The molecule has 19 heavy (non-hydrogen) atoms. The number of rotatable bonds is 1. The van der Waals surface area contributed by atoms with Crippen LogP contribution >= 0.6 is 0 Å². The van der Waals surface area contributed by atoms with Crippen molar-refractivity contribution in [2.45, 2.75) is 31.8 Å². The van der Waals surface area contributed by atoms with Crippen LogP contribution in [0.25, 0.3) is 0 Å². The molecule has 1 aromatic heterocycles. The molecule has 1 aromatic rings. The van der Waals surface area contributed by atoms with Gasteiger partial charge in [-0.25, -0.2) is 4.98 Å². The maximum atomic E-state index is 13.1. The van der Waals surface area contributed by atoms with Gasteiger partial charge in [0.15, 0.2) is 0 Å². The number of carbonyl (C=O) groups excluding carboxylic acids is 1. The van der Waals surface area contributed by atoms with E-state index in [-0.39, 0.29) is 11.9 Å². The van der Waals surface area contributed by atoms with Crippen LogP contribution in [0.2, 0.25) is 0 Å². The van der Waals surface area contributed by atoms with Crippen molar-refractivity contribution in [2.75, 3.05) is 19.6 Å². The van der Waals surface area contributed by atoms with Crippen molar-refractivity contribution in [3.05, 3.63) is 29.8 Å². The van der Waals surface area contributed by atoms with E-state index in [2.05, 4.69) is 16.8 Å². The minimum absolute atomic E-state index is 0.0830. The molecular formula is C14H18FN3O. The van der Waals surface area contributed by atoms with Gasteiger partial charge >= 0.3 is 0 Å². The van der Waals surface area contributed by atoms with Crippen LogP contribution in [0, 0.1) is 5.95 Å². The summed E-state index contributed by atoms with van der Waals surface area (Å²) < 4.78 is 13.1. The van der Waals surface area contributed by atoms with Crippen molar-refractivity contribution < 1.29 is 9.18 Å². The van der Waals surface area contributed by atoms with Crippen molar-refractivity contribution in [3.8, 4) is 0 Å². The Morgan fingerprint density at radius 1 is 1.47 bits per heavy atom. The zero-order chi connectivity index (χ0) is 13.4. The Labute approximate surface area is 112 Å². The standard InChI is InChI=1S/C14H18FN3O/c1-10-8-17-6-2-3-12(17)9-18(10)14(19)11-4-5-16-13(15)7-11/h4-5,7,10,12H,2-3,6,8-9H2,1H3. The van der Waals surface area contributed by atoms with Gasteiger partial charge in [-0.3, -0.25) is 9.69 Å². The number of nitrogens with zero attached hydrogens (tertiary/aromatic N) is 3. The zero-order valence-corrected chi connectivity index (χ0v) is 11.1. The van der Waals surface area contributed by atoms with E-state index in [4.69, 9.17) is 0 Å². The highest BCUT2D eigenvalue weighted by atomic mass is 19.1. The summed E-state index contributed by atoms with van der Waals surface area (Å²) in [6.07, 6.45) is 3.71. The molecule has 0 saturated carbocycles. The molecule has 4 nitrogen and oxygen atoms in total. The molecule has 0 aliphatic carbocycles. The van der Waals surface area contributed by atoms with Gasteiger partial charge in [0.2, 0.25) is 5.95 Å². The van der Waals surface area contributed by atoms with E-state index < -0.39 is 5.95 Å². The maximum absolute atomic E-state index is 13.1. The fourth-order valence-corrected chi connectivity index (χ4v) is 3.17. The Kier molecular flexibility index (Phi) is 3.22. The lowest BCUT2D eigenvalue weighted by Crippen LogP contribution is -2.56. The first-order valence-electron chi connectivity index (χ1n) is 6.82. The van der Waals surface area contributed by atoms with E-state index in [1.54, 1.807) is 6.07 Å². The largest absolute Gasteiger partial charge is 0.333 e. The van der Waals surface area contributed by atoms with E-state index in [1.807, 2.05) is 4.90 Å². The molecule has 0 N–H and O–H groups in total. The molecule has 2 atom stereocenters. The summed E-state index contributed by atoms with van der Waals surface area (Å²) >= 11 is 0. The second kappa shape index (κ2) is 4.89. The molecule has 0 bridgehead atoms. The summed E-state index contributed by atoms with van der Waals surface area (Å²) in [5, 5.41) is 0. The van der Waals surface area contributed by atoms with Crippen LogP contribution in [0.1, 0.15) is 30.1 Å². The average molecular weight is 263 g/mol. The van der Waals surface area contributed by atoms with Gasteiger partial charge in [0.1, 0.15) is 0 Å². The number of fused-ring (bicyclic) bond motifs is 1. The Morgan fingerprint density at radius 2 is 2.32 bits per heavy atom. The molecule has 5 heteroatoms. The van der Waals surface area contributed by atoms with E-state index in [1.165, 1.54) is 18.7 Å². The van der Waals surface area contributed by atoms with Crippen LogP contribution in [0.4, 0.5) is 4.39 Å². The summed E-state index contributed by atoms with van der Waals surface area (Å²) in [5.74, 6) is -0.682. The van der Waals surface area contributed by atoms with Crippen LogP contribution in [-0.2, 0) is 0 Å². The van der Waals surface area contributed by atoms with Gasteiger partial charge in [-0.05, 0) is 32.4 Å². The fourth-order valence-electron chi connectivity index (χ4n) is 3.17. The normalized spacial score (nSPS) is 27.4. The lowest BCUT2D eigenvalue weighted by molar-refractivity contribution is 0.0395. The highest BCUT2D eigenvalue weighted by Gasteiger charge is 2.36. The predicted molar refractivity (Wildman–Crippen MR) is 69.3 cm³/mol. The maximum Gasteiger partial charge on any atom is 0.254 e. The molecule has 1 amide bonds. The smallest absolute Gasteiger partial charge is 0.254 e. The molecule has 0 aromatic carbocycles. The predicted octanol–water partition coefficient (Wildman–Crippen LogP) is 1.53. The van der Waals surface area contributed by atoms with Gasteiger partial charge in [0, 0.05) is 43.0 Å². The Balaban J connectivity index is 1.79. The number of aromatic nitrogens is 1. The second-order valence-corrected chi connectivity index (χ2v) is 5.46. The minimum Gasteiger partial charge on any atom is -0.333 e. The third-order valence-corrected chi connectivity index (χ3v) is 4.17. The van der Waals surface area contributed by atoms with Gasteiger partial charge in [0.25, 0.3) is 5.91 Å². The summed E-state index contributed by atoms with van der Waals surface area (Å²) in [5.41, 5.74) is 0.394. The first-order valence-corrected chi connectivity index (χ1v) is 6.82. The molecule has 0 spiro atoms.